The molecular weight excluding hydrogens is 234 g/mol. The molecule has 3 heteroatoms. The fourth-order valence-corrected chi connectivity index (χ4v) is 2.71. The summed E-state index contributed by atoms with van der Waals surface area (Å²) in [4.78, 5) is 0. The van der Waals surface area contributed by atoms with Crippen molar-refractivity contribution in [2.24, 2.45) is 5.73 Å². The zero-order valence-electron chi connectivity index (χ0n) is 11.8. The van der Waals surface area contributed by atoms with Crippen LogP contribution in [0.15, 0.2) is 24.4 Å². The number of nitrogens with two attached hydrogens (primary N) is 1. The highest BCUT2D eigenvalue weighted by Crippen LogP contribution is 2.28. The van der Waals surface area contributed by atoms with E-state index in [0.717, 1.165) is 12.6 Å². The highest BCUT2D eigenvalue weighted by molar-refractivity contribution is 5.87. The second kappa shape index (κ2) is 4.99. The van der Waals surface area contributed by atoms with Crippen LogP contribution in [0.2, 0.25) is 0 Å². The summed E-state index contributed by atoms with van der Waals surface area (Å²) in [7, 11) is 0. The first-order valence-corrected chi connectivity index (χ1v) is 7.25. The third-order valence-corrected chi connectivity index (χ3v) is 3.95. The molecule has 1 fully saturated rings. The van der Waals surface area contributed by atoms with Gasteiger partial charge in [0.15, 0.2) is 0 Å². The van der Waals surface area contributed by atoms with Gasteiger partial charge in [0.25, 0.3) is 0 Å². The maximum Gasteiger partial charge on any atom is 0.0531 e. The second-order valence-electron chi connectivity index (χ2n) is 5.83. The minimum atomic E-state index is 0.463. The molecule has 0 amide bonds. The van der Waals surface area contributed by atoms with Crippen LogP contribution in [-0.2, 0) is 13.1 Å². The van der Waals surface area contributed by atoms with E-state index in [0.29, 0.717) is 12.6 Å². The lowest BCUT2D eigenvalue weighted by Gasteiger charge is -2.11. The van der Waals surface area contributed by atoms with E-state index in [9.17, 15) is 0 Å². The summed E-state index contributed by atoms with van der Waals surface area (Å²) >= 11 is 0. The molecule has 1 aromatic heterocycles. The van der Waals surface area contributed by atoms with E-state index in [1.807, 2.05) is 0 Å². The summed E-state index contributed by atoms with van der Waals surface area (Å²) in [6.45, 7) is 6.02. The van der Waals surface area contributed by atoms with Gasteiger partial charge in [0.2, 0.25) is 0 Å². The van der Waals surface area contributed by atoms with E-state index in [4.69, 9.17) is 5.73 Å². The molecule has 1 heterocycles. The lowest BCUT2D eigenvalue weighted by Crippen LogP contribution is -2.15. The molecule has 0 bridgehead atoms. The lowest BCUT2D eigenvalue weighted by atomic mass is 10.1. The highest BCUT2D eigenvalue weighted by atomic mass is 15.0. The number of rotatable bonds is 5. The molecule has 1 aromatic carbocycles. The fraction of sp³-hybridized carbons (Fsp3) is 0.500. The van der Waals surface area contributed by atoms with E-state index in [2.05, 4.69) is 48.1 Å². The zero-order valence-corrected chi connectivity index (χ0v) is 11.8. The van der Waals surface area contributed by atoms with Gasteiger partial charge < -0.3 is 15.6 Å². The van der Waals surface area contributed by atoms with Crippen LogP contribution in [0.4, 0.5) is 0 Å². The Morgan fingerprint density at radius 1 is 1.32 bits per heavy atom. The second-order valence-corrected chi connectivity index (χ2v) is 5.83. The molecule has 3 rings (SSSR count). The van der Waals surface area contributed by atoms with Crippen LogP contribution in [0.3, 0.4) is 0 Å². The van der Waals surface area contributed by atoms with Crippen molar-refractivity contribution < 1.29 is 0 Å². The van der Waals surface area contributed by atoms with Crippen LogP contribution in [0.1, 0.15) is 43.9 Å². The SMILES string of the molecule is CC(C)n1cc(CNC2CC2)c2cccc(CN)c21. The van der Waals surface area contributed by atoms with Gasteiger partial charge in [-0.05, 0) is 37.8 Å². The minimum absolute atomic E-state index is 0.463. The summed E-state index contributed by atoms with van der Waals surface area (Å²) in [5, 5.41) is 4.96. The van der Waals surface area contributed by atoms with Crippen molar-refractivity contribution in [3.63, 3.8) is 0 Å². The molecule has 1 aliphatic rings. The predicted octanol–water partition coefficient (Wildman–Crippen LogP) is 2.93. The first-order chi connectivity index (χ1) is 9.20. The topological polar surface area (TPSA) is 43.0 Å². The molecular formula is C16H23N3. The third kappa shape index (κ3) is 2.40. The van der Waals surface area contributed by atoms with E-state index in [-0.39, 0.29) is 0 Å². The van der Waals surface area contributed by atoms with Gasteiger partial charge >= 0.3 is 0 Å². The molecule has 1 saturated carbocycles. The van der Waals surface area contributed by atoms with Crippen LogP contribution in [-0.4, -0.2) is 10.6 Å². The van der Waals surface area contributed by atoms with Crippen molar-refractivity contribution in [3.05, 3.63) is 35.5 Å². The van der Waals surface area contributed by atoms with Crippen molar-refractivity contribution >= 4 is 10.9 Å². The Morgan fingerprint density at radius 2 is 2.11 bits per heavy atom. The van der Waals surface area contributed by atoms with Crippen LogP contribution in [0, 0.1) is 0 Å². The van der Waals surface area contributed by atoms with Crippen molar-refractivity contribution in [2.75, 3.05) is 0 Å². The standard InChI is InChI=1S/C16H23N3/c1-11(2)19-10-13(9-18-14-6-7-14)15-5-3-4-12(8-17)16(15)19/h3-5,10-11,14,18H,6-9,17H2,1-2H3. The van der Waals surface area contributed by atoms with Crippen LogP contribution in [0.5, 0.6) is 0 Å². The van der Waals surface area contributed by atoms with E-state index in [1.54, 1.807) is 0 Å². The number of benzene rings is 1. The average Bonchev–Trinajstić information content (AvgIpc) is 3.16. The Morgan fingerprint density at radius 3 is 2.74 bits per heavy atom. The Kier molecular flexibility index (Phi) is 3.33. The Hall–Kier alpha value is -1.32. The van der Waals surface area contributed by atoms with Crippen molar-refractivity contribution in [1.82, 2.24) is 9.88 Å². The number of nitrogens with zero attached hydrogens (tertiary/aromatic N) is 1. The molecule has 3 nitrogen and oxygen atoms in total. The van der Waals surface area contributed by atoms with E-state index < -0.39 is 0 Å². The number of hydrogen-bond donors (Lipinski definition) is 2. The Balaban J connectivity index is 2.06. The normalized spacial score (nSPS) is 15.6. The summed E-state index contributed by atoms with van der Waals surface area (Å²) in [6.07, 6.45) is 4.96. The minimum Gasteiger partial charge on any atom is -0.344 e. The molecule has 0 unspecified atom stereocenters. The number of hydrogen-bond acceptors (Lipinski definition) is 2. The average molecular weight is 257 g/mol. The number of fused-ring (bicyclic) bond motifs is 1. The van der Waals surface area contributed by atoms with Crippen molar-refractivity contribution in [3.8, 4) is 0 Å². The first-order valence-electron chi connectivity index (χ1n) is 7.25. The maximum absolute atomic E-state index is 5.90. The van der Waals surface area contributed by atoms with Crippen LogP contribution >= 0.6 is 0 Å². The third-order valence-electron chi connectivity index (χ3n) is 3.95. The summed E-state index contributed by atoms with van der Waals surface area (Å²) in [5.74, 6) is 0. The molecule has 2 aromatic rings. The monoisotopic (exact) mass is 257 g/mol. The van der Waals surface area contributed by atoms with Crippen LogP contribution in [0.25, 0.3) is 10.9 Å². The smallest absolute Gasteiger partial charge is 0.0531 e. The summed E-state index contributed by atoms with van der Waals surface area (Å²) < 4.78 is 2.36. The van der Waals surface area contributed by atoms with Gasteiger partial charge in [0.1, 0.15) is 0 Å². The number of para-hydroxylation sites is 1. The number of aromatic nitrogens is 1. The predicted molar refractivity (Wildman–Crippen MR) is 80.1 cm³/mol. The molecule has 102 valence electrons. The van der Waals surface area contributed by atoms with Crippen molar-refractivity contribution in [2.45, 2.75) is 51.9 Å². The first kappa shape index (κ1) is 12.7. The van der Waals surface area contributed by atoms with Gasteiger partial charge in [0.05, 0.1) is 5.52 Å². The molecule has 1 aliphatic carbocycles. The van der Waals surface area contributed by atoms with Gasteiger partial charge in [-0.15, -0.1) is 0 Å². The van der Waals surface area contributed by atoms with E-state index in [1.165, 1.54) is 34.9 Å². The largest absolute Gasteiger partial charge is 0.344 e. The molecule has 0 aliphatic heterocycles. The van der Waals surface area contributed by atoms with Crippen LogP contribution < -0.4 is 11.1 Å². The van der Waals surface area contributed by atoms with Gasteiger partial charge in [0, 0.05) is 36.8 Å². The molecule has 3 N–H and O–H groups in total. The van der Waals surface area contributed by atoms with Gasteiger partial charge in [-0.2, -0.15) is 0 Å². The lowest BCUT2D eigenvalue weighted by molar-refractivity contribution is 0.615. The summed E-state index contributed by atoms with van der Waals surface area (Å²) in [6, 6.07) is 7.69. The molecule has 0 saturated heterocycles. The van der Waals surface area contributed by atoms with Crippen molar-refractivity contribution in [1.29, 1.82) is 0 Å². The maximum atomic E-state index is 5.90. The summed E-state index contributed by atoms with van der Waals surface area (Å²) in [5.41, 5.74) is 9.84. The molecule has 19 heavy (non-hydrogen) atoms. The fourth-order valence-electron chi connectivity index (χ4n) is 2.71. The molecule has 0 spiro atoms. The van der Waals surface area contributed by atoms with Gasteiger partial charge in [-0.3, -0.25) is 0 Å². The van der Waals surface area contributed by atoms with E-state index >= 15 is 0 Å². The molecule has 0 radical (unpaired) electrons. The Bertz CT molecular complexity index is 579. The zero-order chi connectivity index (χ0) is 13.4. The number of nitrogens with one attached hydrogen (secondary N) is 1. The van der Waals surface area contributed by atoms with Gasteiger partial charge in [-0.1, -0.05) is 18.2 Å². The van der Waals surface area contributed by atoms with Gasteiger partial charge in [-0.25, -0.2) is 0 Å². The molecule has 0 atom stereocenters. The highest BCUT2D eigenvalue weighted by Gasteiger charge is 2.21. The quantitative estimate of drug-likeness (QED) is 0.865. The Labute approximate surface area is 114 Å².